The van der Waals surface area contributed by atoms with Gasteiger partial charge >= 0.3 is 0 Å². The van der Waals surface area contributed by atoms with E-state index in [0.29, 0.717) is 6.04 Å². The van der Waals surface area contributed by atoms with Crippen LogP contribution in [-0.2, 0) is 6.54 Å². The first-order valence-electron chi connectivity index (χ1n) is 6.80. The average Bonchev–Trinajstić information content (AvgIpc) is 3.13. The van der Waals surface area contributed by atoms with Crippen molar-refractivity contribution in [2.75, 3.05) is 6.61 Å². The fourth-order valence-corrected chi connectivity index (χ4v) is 2.42. The van der Waals surface area contributed by atoms with Gasteiger partial charge in [-0.2, -0.15) is 0 Å². The monoisotopic (exact) mass is 311 g/mol. The van der Waals surface area contributed by atoms with Crippen molar-refractivity contribution >= 4 is 15.9 Å². The van der Waals surface area contributed by atoms with E-state index in [2.05, 4.69) is 47.2 Å². The summed E-state index contributed by atoms with van der Waals surface area (Å²) in [7, 11) is 0. The van der Waals surface area contributed by atoms with E-state index in [0.717, 1.165) is 29.3 Å². The van der Waals surface area contributed by atoms with E-state index < -0.39 is 0 Å². The number of para-hydroxylation sites is 1. The highest BCUT2D eigenvalue weighted by Crippen LogP contribution is 2.34. The van der Waals surface area contributed by atoms with Crippen LogP contribution < -0.4 is 10.1 Å². The van der Waals surface area contributed by atoms with Crippen LogP contribution in [0.25, 0.3) is 0 Å². The molecule has 0 spiro atoms. The maximum Gasteiger partial charge on any atom is 0.137 e. The van der Waals surface area contributed by atoms with Gasteiger partial charge in [0.2, 0.25) is 0 Å². The van der Waals surface area contributed by atoms with Gasteiger partial charge in [0.1, 0.15) is 5.75 Å². The van der Waals surface area contributed by atoms with Crippen molar-refractivity contribution in [3.63, 3.8) is 0 Å². The van der Waals surface area contributed by atoms with Crippen LogP contribution in [0.4, 0.5) is 0 Å². The average molecular weight is 312 g/mol. The highest BCUT2D eigenvalue weighted by Gasteiger charge is 2.21. The molecular formula is C15H22BrNO. The van der Waals surface area contributed by atoms with E-state index in [-0.39, 0.29) is 0 Å². The van der Waals surface area contributed by atoms with Crippen LogP contribution in [-0.4, -0.2) is 12.6 Å². The number of benzene rings is 1. The van der Waals surface area contributed by atoms with Gasteiger partial charge in [-0.3, -0.25) is 0 Å². The molecule has 2 nitrogen and oxygen atoms in total. The van der Waals surface area contributed by atoms with Crippen molar-refractivity contribution in [1.82, 2.24) is 5.32 Å². The predicted molar refractivity (Wildman–Crippen MR) is 79.0 cm³/mol. The van der Waals surface area contributed by atoms with Gasteiger partial charge in [-0.15, -0.1) is 0 Å². The first-order valence-corrected chi connectivity index (χ1v) is 7.59. The molecule has 0 aliphatic heterocycles. The SMILES string of the molecule is CC(C)NCc1cccc(Br)c1OCCC1CC1. The second kappa shape index (κ2) is 6.58. The molecule has 0 heterocycles. The summed E-state index contributed by atoms with van der Waals surface area (Å²) in [6, 6.07) is 6.73. The van der Waals surface area contributed by atoms with Gasteiger partial charge < -0.3 is 10.1 Å². The number of rotatable bonds is 7. The van der Waals surface area contributed by atoms with E-state index in [9.17, 15) is 0 Å². The number of ether oxygens (including phenoxy) is 1. The molecule has 0 radical (unpaired) electrons. The van der Waals surface area contributed by atoms with Crippen molar-refractivity contribution < 1.29 is 4.74 Å². The summed E-state index contributed by atoms with van der Waals surface area (Å²) in [6.07, 6.45) is 3.97. The highest BCUT2D eigenvalue weighted by atomic mass is 79.9. The fourth-order valence-electron chi connectivity index (χ4n) is 1.90. The van der Waals surface area contributed by atoms with E-state index in [4.69, 9.17) is 4.74 Å². The number of hydrogen-bond donors (Lipinski definition) is 1. The molecule has 0 unspecified atom stereocenters. The molecule has 1 N–H and O–H groups in total. The minimum absolute atomic E-state index is 0.489. The molecular weight excluding hydrogens is 290 g/mol. The second-order valence-corrected chi connectivity index (χ2v) is 6.20. The zero-order valence-corrected chi connectivity index (χ0v) is 12.8. The van der Waals surface area contributed by atoms with Crippen LogP contribution in [0.2, 0.25) is 0 Å². The zero-order valence-electron chi connectivity index (χ0n) is 11.2. The third kappa shape index (κ3) is 4.29. The molecule has 1 aromatic rings. The van der Waals surface area contributed by atoms with Crippen LogP contribution in [0, 0.1) is 5.92 Å². The Kier molecular flexibility index (Phi) is 5.07. The van der Waals surface area contributed by atoms with Crippen molar-refractivity contribution in [3.05, 3.63) is 28.2 Å². The molecule has 0 aromatic heterocycles. The summed E-state index contributed by atoms with van der Waals surface area (Å²) < 4.78 is 7.02. The zero-order chi connectivity index (χ0) is 13.0. The molecule has 0 atom stereocenters. The smallest absolute Gasteiger partial charge is 0.137 e. The summed E-state index contributed by atoms with van der Waals surface area (Å²) in [4.78, 5) is 0. The van der Waals surface area contributed by atoms with Gasteiger partial charge in [-0.1, -0.05) is 38.8 Å². The van der Waals surface area contributed by atoms with E-state index >= 15 is 0 Å². The van der Waals surface area contributed by atoms with Crippen LogP contribution in [0.3, 0.4) is 0 Å². The second-order valence-electron chi connectivity index (χ2n) is 5.34. The molecule has 0 amide bonds. The molecule has 2 rings (SSSR count). The Morgan fingerprint density at radius 2 is 2.17 bits per heavy atom. The molecule has 0 saturated heterocycles. The highest BCUT2D eigenvalue weighted by molar-refractivity contribution is 9.10. The molecule has 1 aliphatic carbocycles. The summed E-state index contributed by atoms with van der Waals surface area (Å²) in [5, 5.41) is 3.44. The van der Waals surface area contributed by atoms with E-state index in [1.807, 2.05) is 6.07 Å². The molecule has 1 fully saturated rings. The Morgan fingerprint density at radius 1 is 1.39 bits per heavy atom. The fraction of sp³-hybridized carbons (Fsp3) is 0.600. The summed E-state index contributed by atoms with van der Waals surface area (Å²) in [5.74, 6) is 1.93. The van der Waals surface area contributed by atoms with Crippen LogP contribution in [0.15, 0.2) is 22.7 Å². The lowest BCUT2D eigenvalue weighted by Gasteiger charge is -2.15. The van der Waals surface area contributed by atoms with Crippen molar-refractivity contribution in [3.8, 4) is 5.75 Å². The Labute approximate surface area is 118 Å². The van der Waals surface area contributed by atoms with Crippen LogP contribution in [0.1, 0.15) is 38.7 Å². The van der Waals surface area contributed by atoms with Gasteiger partial charge in [0.05, 0.1) is 11.1 Å². The quantitative estimate of drug-likeness (QED) is 0.817. The van der Waals surface area contributed by atoms with Gasteiger partial charge in [0.25, 0.3) is 0 Å². The number of hydrogen-bond acceptors (Lipinski definition) is 2. The Bertz CT molecular complexity index is 388. The normalized spacial score (nSPS) is 15.1. The maximum absolute atomic E-state index is 5.96. The third-order valence-corrected chi connectivity index (χ3v) is 3.84. The van der Waals surface area contributed by atoms with Gasteiger partial charge in [0, 0.05) is 18.2 Å². The van der Waals surface area contributed by atoms with Crippen molar-refractivity contribution in [1.29, 1.82) is 0 Å². The standard InChI is InChI=1S/C15H22BrNO/c1-11(2)17-10-13-4-3-5-14(16)15(13)18-9-8-12-6-7-12/h3-5,11-12,17H,6-10H2,1-2H3. The topological polar surface area (TPSA) is 21.3 Å². The van der Waals surface area contributed by atoms with Gasteiger partial charge in [-0.05, 0) is 34.3 Å². The number of nitrogens with one attached hydrogen (secondary N) is 1. The minimum Gasteiger partial charge on any atom is -0.492 e. The minimum atomic E-state index is 0.489. The number of halogens is 1. The van der Waals surface area contributed by atoms with E-state index in [1.165, 1.54) is 24.8 Å². The maximum atomic E-state index is 5.96. The molecule has 1 aliphatic rings. The first kappa shape index (κ1) is 13.9. The lowest BCUT2D eigenvalue weighted by molar-refractivity contribution is 0.296. The third-order valence-electron chi connectivity index (χ3n) is 3.22. The van der Waals surface area contributed by atoms with E-state index in [1.54, 1.807) is 0 Å². The van der Waals surface area contributed by atoms with Crippen molar-refractivity contribution in [2.24, 2.45) is 5.92 Å². The Morgan fingerprint density at radius 3 is 2.83 bits per heavy atom. The van der Waals surface area contributed by atoms with Crippen molar-refractivity contribution in [2.45, 2.75) is 45.7 Å². The van der Waals surface area contributed by atoms with Gasteiger partial charge in [-0.25, -0.2) is 0 Å². The molecule has 1 aromatic carbocycles. The first-order chi connectivity index (χ1) is 8.66. The molecule has 100 valence electrons. The molecule has 0 bridgehead atoms. The molecule has 3 heteroatoms. The molecule has 18 heavy (non-hydrogen) atoms. The van der Waals surface area contributed by atoms with Crippen LogP contribution >= 0.6 is 15.9 Å². The Hall–Kier alpha value is -0.540. The summed E-state index contributed by atoms with van der Waals surface area (Å²) >= 11 is 3.58. The lowest BCUT2D eigenvalue weighted by atomic mass is 10.2. The van der Waals surface area contributed by atoms with Gasteiger partial charge in [0.15, 0.2) is 0 Å². The molecule has 1 saturated carbocycles. The summed E-state index contributed by atoms with van der Waals surface area (Å²) in [6.45, 7) is 6.01. The lowest BCUT2D eigenvalue weighted by Crippen LogP contribution is -2.22. The Balaban J connectivity index is 1.95. The largest absolute Gasteiger partial charge is 0.492 e. The predicted octanol–water partition coefficient (Wildman–Crippen LogP) is 4.13. The summed E-state index contributed by atoms with van der Waals surface area (Å²) in [5.41, 5.74) is 1.23. The van der Waals surface area contributed by atoms with Crippen LogP contribution in [0.5, 0.6) is 5.75 Å².